The molecule has 2 aromatic heterocycles. The Bertz CT molecular complexity index is 1290. The SMILES string of the molecule is Cc1nc(C23CC4CC(C2)C(N/C(=N/C#N)C(C)(C)N2CCN(c5ccc(C(F)(F)F)cn5)CC2)C(C4)C3)no1. The molecule has 4 bridgehead atoms. The number of hydrogen-bond acceptors (Lipinski definition) is 8. The maximum atomic E-state index is 12.9. The van der Waals surface area contributed by atoms with E-state index < -0.39 is 17.3 Å². The first kappa shape index (κ1) is 27.0. The van der Waals surface area contributed by atoms with Gasteiger partial charge in [0.15, 0.2) is 5.82 Å². The summed E-state index contributed by atoms with van der Waals surface area (Å²) in [5.74, 6) is 4.24. The number of halogens is 3. The van der Waals surface area contributed by atoms with Crippen LogP contribution in [0.2, 0.25) is 0 Å². The van der Waals surface area contributed by atoms with E-state index in [2.05, 4.69) is 44.2 Å². The van der Waals surface area contributed by atoms with Gasteiger partial charge in [0.1, 0.15) is 11.7 Å². The number of rotatable bonds is 5. The summed E-state index contributed by atoms with van der Waals surface area (Å²) < 4.78 is 44.2. The Labute approximate surface area is 231 Å². The van der Waals surface area contributed by atoms with Crippen molar-refractivity contribution < 1.29 is 17.7 Å². The largest absolute Gasteiger partial charge is 0.417 e. The van der Waals surface area contributed by atoms with Gasteiger partial charge in [0, 0.05) is 50.8 Å². The number of alkyl halides is 3. The fraction of sp³-hybridized carbons (Fsp3) is 0.679. The second-order valence-electron chi connectivity index (χ2n) is 12.6. The van der Waals surface area contributed by atoms with Gasteiger partial charge in [0.05, 0.1) is 11.1 Å². The summed E-state index contributed by atoms with van der Waals surface area (Å²) in [5, 5.41) is 17.7. The molecule has 1 saturated heterocycles. The summed E-state index contributed by atoms with van der Waals surface area (Å²) in [4.78, 5) is 17.3. The molecule has 40 heavy (non-hydrogen) atoms. The highest BCUT2D eigenvalue weighted by Crippen LogP contribution is 2.60. The number of hydrogen-bond donors (Lipinski definition) is 1. The van der Waals surface area contributed by atoms with E-state index >= 15 is 0 Å². The molecule has 4 aliphatic carbocycles. The van der Waals surface area contributed by atoms with Crippen molar-refractivity contribution in [2.45, 2.75) is 76.0 Å². The number of nitrogens with one attached hydrogen (secondary N) is 1. The third kappa shape index (κ3) is 4.72. The zero-order valence-corrected chi connectivity index (χ0v) is 23.1. The van der Waals surface area contributed by atoms with E-state index in [1.165, 1.54) is 6.07 Å². The average molecular weight is 557 g/mol. The number of nitriles is 1. The van der Waals surface area contributed by atoms with Gasteiger partial charge in [0.2, 0.25) is 12.1 Å². The highest BCUT2D eigenvalue weighted by Gasteiger charge is 2.58. The molecule has 0 radical (unpaired) electrons. The Morgan fingerprint density at radius 1 is 1.12 bits per heavy atom. The summed E-state index contributed by atoms with van der Waals surface area (Å²) in [6.07, 6.45) is 3.97. The van der Waals surface area contributed by atoms with Gasteiger partial charge in [-0.1, -0.05) is 5.16 Å². The molecule has 7 rings (SSSR count). The van der Waals surface area contributed by atoms with Crippen LogP contribution in [0.25, 0.3) is 0 Å². The summed E-state index contributed by atoms with van der Waals surface area (Å²) in [6, 6.07) is 2.75. The minimum Gasteiger partial charge on any atom is -0.368 e. The van der Waals surface area contributed by atoms with Crippen molar-refractivity contribution in [1.82, 2.24) is 25.3 Å². The van der Waals surface area contributed by atoms with Crippen LogP contribution in [0.4, 0.5) is 19.0 Å². The van der Waals surface area contributed by atoms with E-state index in [1.807, 2.05) is 18.0 Å². The van der Waals surface area contributed by atoms with Crippen molar-refractivity contribution in [3.05, 3.63) is 35.6 Å². The quantitative estimate of drug-likeness (QED) is 0.330. The predicted molar refractivity (Wildman–Crippen MR) is 141 cm³/mol. The van der Waals surface area contributed by atoms with Crippen LogP contribution in [-0.2, 0) is 11.6 Å². The van der Waals surface area contributed by atoms with Crippen LogP contribution >= 0.6 is 0 Å². The van der Waals surface area contributed by atoms with Gasteiger partial charge in [-0.25, -0.2) is 4.98 Å². The van der Waals surface area contributed by atoms with Gasteiger partial charge in [-0.15, -0.1) is 0 Å². The van der Waals surface area contributed by atoms with E-state index in [1.54, 1.807) is 0 Å². The zero-order valence-electron chi connectivity index (χ0n) is 23.1. The number of amidine groups is 1. The lowest BCUT2D eigenvalue weighted by molar-refractivity contribution is -0.137. The van der Waals surface area contributed by atoms with Crippen LogP contribution in [0.15, 0.2) is 27.8 Å². The summed E-state index contributed by atoms with van der Waals surface area (Å²) in [7, 11) is 0. The summed E-state index contributed by atoms with van der Waals surface area (Å²) in [5.41, 5.74) is -1.29. The van der Waals surface area contributed by atoms with E-state index in [4.69, 9.17) is 4.52 Å². The van der Waals surface area contributed by atoms with Gasteiger partial charge in [-0.2, -0.15) is 28.4 Å². The first-order chi connectivity index (χ1) is 19.0. The predicted octanol–water partition coefficient (Wildman–Crippen LogP) is 4.31. The van der Waals surface area contributed by atoms with Crippen LogP contribution in [0.5, 0.6) is 0 Å². The number of aliphatic imine (C=N–C) groups is 1. The first-order valence-corrected chi connectivity index (χ1v) is 14.1. The second-order valence-corrected chi connectivity index (χ2v) is 12.6. The van der Waals surface area contributed by atoms with Crippen LogP contribution in [-0.4, -0.2) is 63.6 Å². The number of piperazine rings is 1. The van der Waals surface area contributed by atoms with Crippen LogP contribution < -0.4 is 10.2 Å². The molecule has 2 aromatic rings. The Kier molecular flexibility index (Phi) is 6.56. The lowest BCUT2D eigenvalue weighted by Gasteiger charge is -2.59. The lowest BCUT2D eigenvalue weighted by Crippen LogP contribution is -2.66. The average Bonchev–Trinajstić information content (AvgIpc) is 3.36. The number of anilines is 1. The van der Waals surface area contributed by atoms with Gasteiger partial charge in [0.25, 0.3) is 0 Å². The Balaban J connectivity index is 1.13. The zero-order chi connectivity index (χ0) is 28.3. The normalized spacial score (nSPS) is 30.9. The fourth-order valence-electron chi connectivity index (χ4n) is 7.99. The van der Waals surface area contributed by atoms with E-state index in [9.17, 15) is 18.4 Å². The Morgan fingerprint density at radius 3 is 2.38 bits per heavy atom. The third-order valence-electron chi connectivity index (χ3n) is 9.79. The van der Waals surface area contributed by atoms with Gasteiger partial charge < -0.3 is 14.7 Å². The molecule has 1 N–H and O–H groups in total. The van der Waals surface area contributed by atoms with Crippen LogP contribution in [0.1, 0.15) is 63.2 Å². The molecule has 3 heterocycles. The monoisotopic (exact) mass is 556 g/mol. The summed E-state index contributed by atoms with van der Waals surface area (Å²) in [6.45, 7) is 8.58. The third-order valence-corrected chi connectivity index (χ3v) is 9.79. The lowest BCUT2D eigenvalue weighted by atomic mass is 9.47. The van der Waals surface area contributed by atoms with E-state index in [0.29, 0.717) is 61.5 Å². The number of nitrogens with zero attached hydrogens (tertiary/aromatic N) is 7. The number of aromatic nitrogens is 3. The molecule has 2 atom stereocenters. The standard InChI is InChI=1S/C28H35F3N8O/c1-17-35-25(37-40-17)27-12-18-10-19(13-27)23(20(11-18)14-27)36-24(34-16-32)26(2,3)39-8-6-38(7-9-39)22-5-4-21(15-33-22)28(29,30)31/h4-5,15,18-20,23H,6-14H2,1-3H3,(H,34,36). The van der Waals surface area contributed by atoms with Gasteiger partial charge in [-0.05, 0) is 75.8 Å². The van der Waals surface area contributed by atoms with Crippen molar-refractivity contribution in [3.63, 3.8) is 0 Å². The van der Waals surface area contributed by atoms with Crippen LogP contribution in [0.3, 0.4) is 0 Å². The molecule has 0 spiro atoms. The molecule has 5 aliphatic rings. The molecular weight excluding hydrogens is 521 g/mol. The van der Waals surface area contributed by atoms with Crippen molar-refractivity contribution in [3.8, 4) is 6.19 Å². The molecule has 4 saturated carbocycles. The number of aryl methyl sites for hydroxylation is 1. The van der Waals surface area contributed by atoms with Crippen LogP contribution in [0, 0.1) is 36.1 Å². The second kappa shape index (κ2) is 9.72. The molecule has 0 aromatic carbocycles. The molecule has 214 valence electrons. The van der Waals surface area contributed by atoms with Crippen molar-refractivity contribution in [1.29, 1.82) is 5.26 Å². The molecule has 9 nitrogen and oxygen atoms in total. The maximum Gasteiger partial charge on any atom is 0.417 e. The maximum absolute atomic E-state index is 12.9. The Morgan fingerprint density at radius 2 is 1.82 bits per heavy atom. The molecule has 5 fully saturated rings. The number of pyridine rings is 1. The highest BCUT2D eigenvalue weighted by atomic mass is 19.4. The topological polar surface area (TPSA) is 106 Å². The van der Waals surface area contributed by atoms with E-state index in [-0.39, 0.29) is 11.5 Å². The molecular formula is C28H35F3N8O. The summed E-state index contributed by atoms with van der Waals surface area (Å²) >= 11 is 0. The molecule has 12 heteroatoms. The van der Waals surface area contributed by atoms with Crippen molar-refractivity contribution >= 4 is 11.7 Å². The van der Waals surface area contributed by atoms with Gasteiger partial charge in [-0.3, -0.25) is 4.90 Å². The minimum absolute atomic E-state index is 0.0167. The van der Waals surface area contributed by atoms with Crippen molar-refractivity contribution in [2.24, 2.45) is 22.7 Å². The smallest absolute Gasteiger partial charge is 0.368 e. The highest BCUT2D eigenvalue weighted by molar-refractivity contribution is 5.92. The molecule has 2 unspecified atom stereocenters. The van der Waals surface area contributed by atoms with E-state index in [0.717, 1.165) is 50.2 Å². The fourth-order valence-corrected chi connectivity index (χ4v) is 7.99. The first-order valence-electron chi connectivity index (χ1n) is 14.1. The minimum atomic E-state index is -4.40. The van der Waals surface area contributed by atoms with Crippen molar-refractivity contribution in [2.75, 3.05) is 31.1 Å². The Hall–Kier alpha value is -3.20. The van der Waals surface area contributed by atoms with Gasteiger partial charge >= 0.3 is 6.18 Å². The molecule has 0 amide bonds. The molecule has 1 aliphatic heterocycles.